The third-order valence-electron chi connectivity index (χ3n) is 0.936. The molecule has 0 aromatic rings. The monoisotopic (exact) mass is 163 g/mol. The highest BCUT2D eigenvalue weighted by molar-refractivity contribution is 5.32. The molecule has 0 aliphatic carbocycles. The van der Waals surface area contributed by atoms with E-state index in [2.05, 4.69) is 13.2 Å². The Labute approximate surface area is 62.7 Å². The molecule has 0 saturated carbocycles. The molecule has 0 aromatic heterocycles. The van der Waals surface area contributed by atoms with Gasteiger partial charge < -0.3 is 5.73 Å². The van der Waals surface area contributed by atoms with Gasteiger partial charge in [-0.15, -0.1) is 0 Å². The molecule has 0 saturated heterocycles. The Morgan fingerprint density at radius 3 is 1.91 bits per heavy atom. The van der Waals surface area contributed by atoms with E-state index in [9.17, 15) is 13.2 Å². The number of hydrogen-bond donors (Lipinski definition) is 1. The molecule has 11 heavy (non-hydrogen) atoms. The van der Waals surface area contributed by atoms with Gasteiger partial charge in [0, 0.05) is 5.70 Å². The van der Waals surface area contributed by atoms with Crippen LogP contribution in [0.5, 0.6) is 0 Å². The van der Waals surface area contributed by atoms with E-state index >= 15 is 0 Å². The second-order valence-corrected chi connectivity index (χ2v) is 1.84. The van der Waals surface area contributed by atoms with Crippen LogP contribution in [0, 0.1) is 0 Å². The van der Waals surface area contributed by atoms with Gasteiger partial charge in [0.25, 0.3) is 0 Å². The van der Waals surface area contributed by atoms with Gasteiger partial charge in [0.15, 0.2) is 0 Å². The lowest BCUT2D eigenvalue weighted by molar-refractivity contribution is -0.0893. The molecule has 1 nitrogen and oxygen atoms in total. The quantitative estimate of drug-likeness (QED) is 0.620. The molecule has 0 amide bonds. The Hall–Kier alpha value is -1.19. The fourth-order valence-corrected chi connectivity index (χ4v) is 0.501. The molecule has 2 N–H and O–H groups in total. The van der Waals surface area contributed by atoms with Crippen molar-refractivity contribution in [3.63, 3.8) is 0 Å². The van der Waals surface area contributed by atoms with Gasteiger partial charge in [-0.3, -0.25) is 0 Å². The van der Waals surface area contributed by atoms with Crippen LogP contribution in [0.2, 0.25) is 0 Å². The lowest BCUT2D eigenvalue weighted by atomic mass is 10.2. The van der Waals surface area contributed by atoms with Crippen molar-refractivity contribution in [3.8, 4) is 0 Å². The molecule has 0 fully saturated rings. The molecule has 4 heteroatoms. The third-order valence-corrected chi connectivity index (χ3v) is 0.936. The Balaban J connectivity index is 4.77. The number of nitrogens with two attached hydrogens (primary N) is 1. The molecule has 62 valence electrons. The van der Waals surface area contributed by atoms with Gasteiger partial charge in [-0.05, 0) is 6.08 Å². The van der Waals surface area contributed by atoms with E-state index in [-0.39, 0.29) is 0 Å². The first-order valence-corrected chi connectivity index (χ1v) is 2.74. The topological polar surface area (TPSA) is 26.0 Å². The van der Waals surface area contributed by atoms with E-state index in [1.165, 1.54) is 0 Å². The molecule has 0 radical (unpaired) electrons. The maximum Gasteiger partial charge on any atom is 0.418 e. The Bertz CT molecular complexity index is 200. The third kappa shape index (κ3) is 2.93. The predicted octanol–water partition coefficient (Wildman–Crippen LogP) is 2.13. The van der Waals surface area contributed by atoms with Crippen LogP contribution < -0.4 is 5.73 Å². The highest BCUT2D eigenvalue weighted by Crippen LogP contribution is 2.28. The molecule has 0 rings (SSSR count). The molecule has 0 atom stereocenters. The standard InChI is InChI=1S/C7H8F3N/c1-3-4-6(5(2)11)7(8,9)10/h3-4H,1-2,11H2/b6-4+. The molecular formula is C7H8F3N. The normalized spacial score (nSPS) is 12.8. The zero-order valence-electron chi connectivity index (χ0n) is 5.78. The van der Waals surface area contributed by atoms with Crippen molar-refractivity contribution in [2.75, 3.05) is 0 Å². The van der Waals surface area contributed by atoms with Gasteiger partial charge in [0.2, 0.25) is 0 Å². The smallest absolute Gasteiger partial charge is 0.399 e. The van der Waals surface area contributed by atoms with Gasteiger partial charge >= 0.3 is 6.18 Å². The van der Waals surface area contributed by atoms with E-state index in [0.29, 0.717) is 0 Å². The van der Waals surface area contributed by atoms with Gasteiger partial charge in [-0.1, -0.05) is 19.2 Å². The summed E-state index contributed by atoms with van der Waals surface area (Å²) < 4.78 is 35.7. The average Bonchev–Trinajstić information content (AvgIpc) is 1.79. The van der Waals surface area contributed by atoms with E-state index < -0.39 is 17.4 Å². The lowest BCUT2D eigenvalue weighted by Crippen LogP contribution is -2.17. The SMILES string of the molecule is C=C/C=C(\C(=C)N)C(F)(F)F. The van der Waals surface area contributed by atoms with Crippen molar-refractivity contribution >= 4 is 0 Å². The molecule has 0 spiro atoms. The maximum atomic E-state index is 11.9. The Morgan fingerprint density at radius 2 is 1.82 bits per heavy atom. The van der Waals surface area contributed by atoms with Crippen molar-refractivity contribution in [2.45, 2.75) is 6.18 Å². The van der Waals surface area contributed by atoms with Crippen LogP contribution in [-0.4, -0.2) is 6.18 Å². The van der Waals surface area contributed by atoms with Gasteiger partial charge in [0.05, 0.1) is 5.57 Å². The van der Waals surface area contributed by atoms with Crippen LogP contribution in [-0.2, 0) is 0 Å². The van der Waals surface area contributed by atoms with E-state index in [0.717, 1.165) is 12.2 Å². The van der Waals surface area contributed by atoms with E-state index in [1.54, 1.807) is 0 Å². The first kappa shape index (κ1) is 9.81. The summed E-state index contributed by atoms with van der Waals surface area (Å²) in [6.07, 6.45) is -2.65. The van der Waals surface area contributed by atoms with Crippen molar-refractivity contribution in [1.82, 2.24) is 0 Å². The fourth-order valence-electron chi connectivity index (χ4n) is 0.501. The van der Waals surface area contributed by atoms with Crippen LogP contribution >= 0.6 is 0 Å². The zero-order valence-corrected chi connectivity index (χ0v) is 5.78. The van der Waals surface area contributed by atoms with Gasteiger partial charge in [-0.25, -0.2) is 0 Å². The molecule has 0 aromatic carbocycles. The lowest BCUT2D eigenvalue weighted by Gasteiger charge is -2.09. The van der Waals surface area contributed by atoms with E-state index in [4.69, 9.17) is 5.73 Å². The number of allylic oxidation sites excluding steroid dienone is 3. The van der Waals surface area contributed by atoms with Gasteiger partial charge in [0.1, 0.15) is 0 Å². The summed E-state index contributed by atoms with van der Waals surface area (Å²) >= 11 is 0. The van der Waals surface area contributed by atoms with Crippen LogP contribution in [0.15, 0.2) is 36.6 Å². The minimum atomic E-state index is -4.44. The highest BCUT2D eigenvalue weighted by Gasteiger charge is 2.33. The number of rotatable bonds is 2. The van der Waals surface area contributed by atoms with Gasteiger partial charge in [-0.2, -0.15) is 13.2 Å². The predicted molar refractivity (Wildman–Crippen MR) is 37.7 cm³/mol. The molecule has 0 aliphatic rings. The Kier molecular flexibility index (Phi) is 2.92. The minimum absolute atomic E-state index is 0.502. The summed E-state index contributed by atoms with van der Waals surface area (Å²) in [7, 11) is 0. The van der Waals surface area contributed by atoms with E-state index in [1.807, 2.05) is 0 Å². The van der Waals surface area contributed by atoms with Crippen LogP contribution in [0.4, 0.5) is 13.2 Å². The van der Waals surface area contributed by atoms with Crippen LogP contribution in [0.25, 0.3) is 0 Å². The second-order valence-electron chi connectivity index (χ2n) is 1.84. The minimum Gasteiger partial charge on any atom is -0.399 e. The molecular weight excluding hydrogens is 155 g/mol. The van der Waals surface area contributed by atoms with Crippen molar-refractivity contribution in [2.24, 2.45) is 5.73 Å². The zero-order chi connectivity index (χ0) is 9.07. The molecule has 0 aliphatic heterocycles. The number of halogens is 3. The first-order chi connectivity index (χ1) is 4.89. The average molecular weight is 163 g/mol. The molecule has 0 unspecified atom stereocenters. The summed E-state index contributed by atoms with van der Waals surface area (Å²) in [5.74, 6) is 0. The second kappa shape index (κ2) is 3.27. The summed E-state index contributed by atoms with van der Waals surface area (Å²) in [4.78, 5) is 0. The summed E-state index contributed by atoms with van der Waals surface area (Å²) in [6.45, 7) is 6.11. The van der Waals surface area contributed by atoms with Crippen molar-refractivity contribution in [1.29, 1.82) is 0 Å². The molecule has 0 bridgehead atoms. The van der Waals surface area contributed by atoms with Crippen LogP contribution in [0.3, 0.4) is 0 Å². The summed E-state index contributed by atoms with van der Waals surface area (Å²) in [5, 5.41) is 0. The fraction of sp³-hybridized carbons (Fsp3) is 0.143. The Morgan fingerprint density at radius 1 is 1.36 bits per heavy atom. The highest BCUT2D eigenvalue weighted by atomic mass is 19.4. The van der Waals surface area contributed by atoms with Crippen molar-refractivity contribution in [3.05, 3.63) is 36.6 Å². The number of alkyl halides is 3. The summed E-state index contributed by atoms with van der Waals surface area (Å²) in [6, 6.07) is 0. The van der Waals surface area contributed by atoms with Crippen molar-refractivity contribution < 1.29 is 13.2 Å². The molecule has 0 heterocycles. The summed E-state index contributed by atoms with van der Waals surface area (Å²) in [5.41, 5.74) is 3.42. The van der Waals surface area contributed by atoms with Crippen LogP contribution in [0.1, 0.15) is 0 Å². The first-order valence-electron chi connectivity index (χ1n) is 2.74. The largest absolute Gasteiger partial charge is 0.418 e. The number of hydrogen-bond acceptors (Lipinski definition) is 1. The maximum absolute atomic E-state index is 11.9.